The number of rotatable bonds is 4. The molecule has 29 heavy (non-hydrogen) atoms. The molecule has 0 atom stereocenters. The lowest BCUT2D eigenvalue weighted by Crippen LogP contribution is -2.36. The second-order valence-electron chi connectivity index (χ2n) is 7.66. The van der Waals surface area contributed by atoms with Gasteiger partial charge in [-0.15, -0.1) is 0 Å². The van der Waals surface area contributed by atoms with Gasteiger partial charge in [-0.25, -0.2) is 4.98 Å². The summed E-state index contributed by atoms with van der Waals surface area (Å²) in [6.07, 6.45) is 6.80. The van der Waals surface area contributed by atoms with Crippen molar-refractivity contribution in [1.29, 1.82) is 0 Å². The van der Waals surface area contributed by atoms with Crippen molar-refractivity contribution in [2.24, 2.45) is 0 Å². The Hall–Kier alpha value is -2.74. The van der Waals surface area contributed by atoms with Crippen LogP contribution in [0, 0.1) is 5.95 Å². The number of ether oxygens (including phenoxy) is 2. The summed E-state index contributed by atoms with van der Waals surface area (Å²) in [6.45, 7) is 3.04. The summed E-state index contributed by atoms with van der Waals surface area (Å²) in [5.74, 6) is 2.08. The minimum absolute atomic E-state index is 0.0851. The number of halogens is 1. The van der Waals surface area contributed by atoms with Gasteiger partial charge in [0.25, 0.3) is 0 Å². The number of aromatic nitrogens is 4. The van der Waals surface area contributed by atoms with Crippen LogP contribution >= 0.6 is 0 Å². The number of pyridine rings is 2. The zero-order valence-electron chi connectivity index (χ0n) is 16.2. The third kappa shape index (κ3) is 3.89. The highest BCUT2D eigenvalue weighted by Crippen LogP contribution is 2.35. The van der Waals surface area contributed by atoms with E-state index in [1.165, 1.54) is 6.20 Å². The number of imidazole rings is 1. The van der Waals surface area contributed by atoms with Gasteiger partial charge in [-0.2, -0.15) is 9.37 Å². The average molecular weight is 397 g/mol. The van der Waals surface area contributed by atoms with E-state index in [0.29, 0.717) is 19.1 Å². The lowest BCUT2D eigenvalue weighted by molar-refractivity contribution is 0.121. The van der Waals surface area contributed by atoms with Crippen LogP contribution in [-0.4, -0.2) is 52.3 Å². The molecule has 0 spiro atoms. The van der Waals surface area contributed by atoms with Gasteiger partial charge in [0.2, 0.25) is 11.8 Å². The topological polar surface area (TPSA) is 76.2 Å². The Bertz CT molecular complexity index is 980. The van der Waals surface area contributed by atoms with Crippen molar-refractivity contribution in [2.45, 2.75) is 37.7 Å². The molecular weight excluding hydrogens is 373 g/mol. The van der Waals surface area contributed by atoms with E-state index in [4.69, 9.17) is 14.5 Å². The molecule has 0 bridgehead atoms. The molecule has 1 saturated carbocycles. The van der Waals surface area contributed by atoms with Crippen molar-refractivity contribution < 1.29 is 13.9 Å². The predicted octanol–water partition coefficient (Wildman–Crippen LogP) is 3.43. The van der Waals surface area contributed by atoms with Crippen molar-refractivity contribution in [3.05, 3.63) is 42.4 Å². The summed E-state index contributed by atoms with van der Waals surface area (Å²) >= 11 is 0. The minimum Gasteiger partial charge on any atom is -0.474 e. The van der Waals surface area contributed by atoms with Crippen LogP contribution in [0.2, 0.25) is 0 Å². The molecule has 7 nitrogen and oxygen atoms in total. The summed E-state index contributed by atoms with van der Waals surface area (Å²) in [7, 11) is 0. The average Bonchev–Trinajstić information content (AvgIpc) is 3.21. The first-order valence-corrected chi connectivity index (χ1v) is 10.2. The monoisotopic (exact) mass is 397 g/mol. The van der Waals surface area contributed by atoms with Crippen LogP contribution < -0.4 is 9.64 Å². The Morgan fingerprint density at radius 3 is 2.72 bits per heavy atom. The molecule has 4 heterocycles. The Balaban J connectivity index is 1.34. The molecule has 3 aromatic heterocycles. The molecule has 2 fully saturated rings. The summed E-state index contributed by atoms with van der Waals surface area (Å²) in [5, 5.41) is 0.930. The fourth-order valence-corrected chi connectivity index (χ4v) is 4.21. The summed E-state index contributed by atoms with van der Waals surface area (Å²) in [5.41, 5.74) is 0.888. The smallest absolute Gasteiger partial charge is 0.230 e. The number of aromatic amines is 1. The Labute approximate surface area is 168 Å². The van der Waals surface area contributed by atoms with E-state index in [0.717, 1.165) is 61.3 Å². The quantitative estimate of drug-likeness (QED) is 0.727. The van der Waals surface area contributed by atoms with Gasteiger partial charge in [-0.3, -0.25) is 4.98 Å². The molecule has 1 saturated heterocycles. The van der Waals surface area contributed by atoms with Crippen LogP contribution in [0.5, 0.6) is 5.88 Å². The van der Waals surface area contributed by atoms with Gasteiger partial charge in [0.15, 0.2) is 0 Å². The van der Waals surface area contributed by atoms with E-state index < -0.39 is 5.95 Å². The van der Waals surface area contributed by atoms with Gasteiger partial charge in [0.1, 0.15) is 17.7 Å². The number of nitrogens with one attached hydrogen (secondary N) is 1. The maximum atomic E-state index is 13.2. The van der Waals surface area contributed by atoms with Crippen molar-refractivity contribution in [2.75, 3.05) is 31.2 Å². The van der Waals surface area contributed by atoms with E-state index in [2.05, 4.69) is 19.9 Å². The number of fused-ring (bicyclic) bond motifs is 1. The molecule has 0 amide bonds. The molecule has 0 radical (unpaired) electrons. The number of nitrogens with zero attached hydrogens (tertiary/aromatic N) is 4. The largest absolute Gasteiger partial charge is 0.474 e. The number of anilines is 1. The first-order valence-electron chi connectivity index (χ1n) is 10.2. The third-order valence-electron chi connectivity index (χ3n) is 5.79. The third-order valence-corrected chi connectivity index (χ3v) is 5.79. The minimum atomic E-state index is -0.443. The molecule has 1 aliphatic carbocycles. The van der Waals surface area contributed by atoms with Crippen LogP contribution in [0.1, 0.15) is 37.4 Å². The standard InChI is InChI=1S/C21H24FN5O2/c22-18-13-24-20(25-18)14-3-5-15(6-4-14)29-21-16-2-1-7-23-17(16)12-19(26-21)27-8-10-28-11-9-27/h1-2,7,12-15H,3-6,8-11H2,(H,24,25). The van der Waals surface area contributed by atoms with Crippen molar-refractivity contribution >= 4 is 16.7 Å². The second-order valence-corrected chi connectivity index (χ2v) is 7.66. The van der Waals surface area contributed by atoms with Gasteiger partial charge in [0.05, 0.1) is 30.3 Å². The van der Waals surface area contributed by atoms with Gasteiger partial charge in [-0.05, 0) is 37.8 Å². The van der Waals surface area contributed by atoms with Gasteiger partial charge < -0.3 is 19.4 Å². The first-order chi connectivity index (χ1) is 14.3. The Kier molecular flexibility index (Phi) is 5.01. The highest BCUT2D eigenvalue weighted by Gasteiger charge is 2.27. The second kappa shape index (κ2) is 7.94. The van der Waals surface area contributed by atoms with Gasteiger partial charge >= 0.3 is 0 Å². The van der Waals surface area contributed by atoms with E-state index in [-0.39, 0.29) is 12.0 Å². The lowest BCUT2D eigenvalue weighted by atomic mass is 9.87. The van der Waals surface area contributed by atoms with E-state index in [9.17, 15) is 4.39 Å². The van der Waals surface area contributed by atoms with Crippen LogP contribution in [0.15, 0.2) is 30.6 Å². The highest BCUT2D eigenvalue weighted by atomic mass is 19.1. The molecule has 8 heteroatoms. The zero-order chi connectivity index (χ0) is 19.6. The maximum Gasteiger partial charge on any atom is 0.230 e. The highest BCUT2D eigenvalue weighted by molar-refractivity contribution is 5.85. The number of H-pyrrole nitrogens is 1. The predicted molar refractivity (Wildman–Crippen MR) is 107 cm³/mol. The molecule has 1 N–H and O–H groups in total. The van der Waals surface area contributed by atoms with Crippen LogP contribution in [-0.2, 0) is 4.74 Å². The van der Waals surface area contributed by atoms with E-state index in [1.54, 1.807) is 6.20 Å². The summed E-state index contributed by atoms with van der Waals surface area (Å²) in [4.78, 5) is 18.5. The van der Waals surface area contributed by atoms with Crippen molar-refractivity contribution in [3.8, 4) is 5.88 Å². The number of hydrogen-bond donors (Lipinski definition) is 1. The molecular formula is C21H24FN5O2. The van der Waals surface area contributed by atoms with E-state index >= 15 is 0 Å². The Morgan fingerprint density at radius 2 is 1.97 bits per heavy atom. The molecule has 152 valence electrons. The zero-order valence-corrected chi connectivity index (χ0v) is 16.2. The van der Waals surface area contributed by atoms with E-state index in [1.807, 2.05) is 18.2 Å². The van der Waals surface area contributed by atoms with Gasteiger partial charge in [0, 0.05) is 31.3 Å². The number of hydrogen-bond acceptors (Lipinski definition) is 6. The first kappa shape index (κ1) is 18.3. The van der Waals surface area contributed by atoms with Crippen LogP contribution in [0.25, 0.3) is 10.9 Å². The SMILES string of the molecule is Fc1c[nH]c(C2CCC(Oc3nc(N4CCOCC4)cc4ncccc34)CC2)n1. The normalized spacial score (nSPS) is 22.7. The van der Waals surface area contributed by atoms with Crippen molar-refractivity contribution in [3.63, 3.8) is 0 Å². The molecule has 3 aromatic rings. The Morgan fingerprint density at radius 1 is 1.14 bits per heavy atom. The fourth-order valence-electron chi connectivity index (χ4n) is 4.21. The molecule has 1 aliphatic heterocycles. The van der Waals surface area contributed by atoms with Crippen LogP contribution in [0.3, 0.4) is 0 Å². The van der Waals surface area contributed by atoms with Gasteiger partial charge in [-0.1, -0.05) is 0 Å². The molecule has 0 unspecified atom stereocenters. The maximum absolute atomic E-state index is 13.2. The van der Waals surface area contributed by atoms with Crippen LogP contribution in [0.4, 0.5) is 10.2 Å². The summed E-state index contributed by atoms with van der Waals surface area (Å²) in [6, 6.07) is 5.94. The molecule has 5 rings (SSSR count). The molecule has 0 aromatic carbocycles. The summed E-state index contributed by atoms with van der Waals surface area (Å²) < 4.78 is 25.0. The fraction of sp³-hybridized carbons (Fsp3) is 0.476. The lowest BCUT2D eigenvalue weighted by Gasteiger charge is -2.30. The van der Waals surface area contributed by atoms with Crippen molar-refractivity contribution in [1.82, 2.24) is 19.9 Å². The molecule has 2 aliphatic rings. The number of morpholine rings is 1.